The van der Waals surface area contributed by atoms with Gasteiger partial charge in [0, 0.05) is 154 Å². The monoisotopic (exact) mass is 1310 g/mol. The molecular formula is C75H102N8O12. The molecule has 1 aromatic heterocycles. The number of benzene rings is 3. The van der Waals surface area contributed by atoms with Gasteiger partial charge in [0.2, 0.25) is 11.8 Å². The van der Waals surface area contributed by atoms with Crippen LogP contribution in [0.5, 0.6) is 11.5 Å². The average Bonchev–Trinajstić information content (AvgIpc) is 1.52. The number of nitrogens with zero attached hydrogens (tertiary/aromatic N) is 5. The predicted molar refractivity (Wildman–Crippen MR) is 367 cm³/mol. The molecule has 4 aromatic rings. The molecule has 2 spiro atoms. The second kappa shape index (κ2) is 25.0. The van der Waals surface area contributed by atoms with Crippen molar-refractivity contribution in [2.24, 2.45) is 16.7 Å². The van der Waals surface area contributed by atoms with E-state index in [0.29, 0.717) is 38.0 Å². The highest BCUT2D eigenvalue weighted by molar-refractivity contribution is 5.94. The van der Waals surface area contributed by atoms with Gasteiger partial charge in [0.1, 0.15) is 40.3 Å². The van der Waals surface area contributed by atoms with Gasteiger partial charge in [-0.1, -0.05) is 95.8 Å². The van der Waals surface area contributed by atoms with Crippen LogP contribution in [0.2, 0.25) is 0 Å². The van der Waals surface area contributed by atoms with Crippen molar-refractivity contribution in [1.82, 2.24) is 30.3 Å². The van der Waals surface area contributed by atoms with Crippen molar-refractivity contribution < 1.29 is 57.9 Å². The van der Waals surface area contributed by atoms with Crippen molar-refractivity contribution in [3.63, 3.8) is 0 Å². The number of hydrogen-bond donors (Lipinski definition) is 5. The molecule has 14 rings (SSSR count). The van der Waals surface area contributed by atoms with Gasteiger partial charge in [-0.3, -0.25) is 38.7 Å². The van der Waals surface area contributed by atoms with Gasteiger partial charge in [-0.2, -0.15) is 0 Å². The number of para-hydroxylation sites is 1. The molecule has 2 saturated heterocycles. The molecule has 514 valence electrons. The number of anilines is 2. The summed E-state index contributed by atoms with van der Waals surface area (Å²) in [4.78, 5) is 81.1. The zero-order valence-corrected chi connectivity index (χ0v) is 56.2. The molecule has 95 heavy (non-hydrogen) atoms. The third-order valence-electron chi connectivity index (χ3n) is 24.1. The minimum absolute atomic E-state index is 0. The normalized spacial score (nSPS) is 34.8. The largest absolute Gasteiger partial charge is 0.497 e. The van der Waals surface area contributed by atoms with E-state index in [-0.39, 0.29) is 63.7 Å². The Hall–Kier alpha value is -7.23. The summed E-state index contributed by atoms with van der Waals surface area (Å²) >= 11 is 0. The first kappa shape index (κ1) is 69.1. The topological polar surface area (TPSA) is 228 Å². The molecule has 3 aromatic carbocycles. The Balaban J connectivity index is 0.000000217. The minimum Gasteiger partial charge on any atom is -0.497 e. The molecule has 20 nitrogen and oxygen atoms in total. The maximum atomic E-state index is 15.3. The molecule has 2 amide bonds. The van der Waals surface area contributed by atoms with E-state index in [4.69, 9.17) is 23.7 Å². The van der Waals surface area contributed by atoms with Gasteiger partial charge < -0.3 is 59.3 Å². The van der Waals surface area contributed by atoms with Gasteiger partial charge in [-0.05, 0) is 98.8 Å². The Morgan fingerprint density at radius 1 is 0.674 bits per heavy atom. The predicted octanol–water partition coefficient (Wildman–Crippen LogP) is 7.64. The second-order valence-corrected chi connectivity index (χ2v) is 28.4. The minimum atomic E-state index is -1.72. The van der Waals surface area contributed by atoms with E-state index in [1.807, 2.05) is 38.4 Å². The molecule has 4 fully saturated rings. The Kier molecular flexibility index (Phi) is 18.2. The summed E-state index contributed by atoms with van der Waals surface area (Å²) < 4.78 is 30.3. The number of carbonyl (C=O) groups excluding carboxylic acids is 5. The fourth-order valence-corrected chi connectivity index (χ4v) is 21.2. The van der Waals surface area contributed by atoms with Crippen LogP contribution in [0.1, 0.15) is 130 Å². The van der Waals surface area contributed by atoms with Crippen molar-refractivity contribution in [2.75, 3.05) is 104 Å². The fourth-order valence-electron chi connectivity index (χ4n) is 21.2. The molecule has 0 radical (unpaired) electrons. The van der Waals surface area contributed by atoms with Crippen molar-refractivity contribution in [1.29, 1.82) is 0 Å². The van der Waals surface area contributed by atoms with Crippen LogP contribution in [0.3, 0.4) is 0 Å². The molecule has 20 heteroatoms. The Labute approximate surface area is 560 Å². The van der Waals surface area contributed by atoms with E-state index < -0.39 is 74.5 Å². The number of H-pyrrole nitrogens is 1. The number of esters is 3. The number of aliphatic hydroxyl groups is 2. The molecule has 2 bridgehead atoms. The number of likely N-dealkylation sites (N-methyl/N-ethyl adjacent to an activating group) is 2. The van der Waals surface area contributed by atoms with Crippen LogP contribution in [-0.2, 0) is 60.8 Å². The van der Waals surface area contributed by atoms with Gasteiger partial charge >= 0.3 is 17.9 Å². The van der Waals surface area contributed by atoms with E-state index in [9.17, 15) is 29.4 Å². The third kappa shape index (κ3) is 9.76. The van der Waals surface area contributed by atoms with Crippen molar-refractivity contribution >= 4 is 52.0 Å². The molecule has 5 N–H and O–H groups in total. The van der Waals surface area contributed by atoms with Gasteiger partial charge in [-0.15, -0.1) is 0 Å². The molecule has 15 atom stereocenters. The van der Waals surface area contributed by atoms with E-state index in [1.54, 1.807) is 14.2 Å². The summed E-state index contributed by atoms with van der Waals surface area (Å²) in [5, 5.41) is 33.2. The molecule has 8 aliphatic heterocycles. The van der Waals surface area contributed by atoms with Crippen molar-refractivity contribution in [3.8, 4) is 11.5 Å². The van der Waals surface area contributed by atoms with Crippen LogP contribution in [0.25, 0.3) is 10.9 Å². The summed E-state index contributed by atoms with van der Waals surface area (Å²) in [5.41, 5.74) is 2.00. The number of fused-ring (bicyclic) bond motifs is 7. The van der Waals surface area contributed by atoms with Crippen LogP contribution in [-0.4, -0.2) is 202 Å². The maximum Gasteiger partial charge on any atom is 0.322 e. The number of carbonyl (C=O) groups is 5. The molecule has 9 heterocycles. The number of aromatic nitrogens is 1. The first-order chi connectivity index (χ1) is 44.5. The lowest BCUT2D eigenvalue weighted by Gasteiger charge is -2.64. The number of methoxy groups -OCH3 is 3. The van der Waals surface area contributed by atoms with E-state index in [1.165, 1.54) is 45.9 Å². The summed E-state index contributed by atoms with van der Waals surface area (Å²) in [6.07, 6.45) is 14.2. The zero-order chi connectivity index (χ0) is 66.1. The highest BCUT2D eigenvalue weighted by atomic mass is 16.6. The Bertz CT molecular complexity index is 3790. The van der Waals surface area contributed by atoms with E-state index in [2.05, 4.69) is 122 Å². The number of hydrogen-bond acceptors (Lipinski definition) is 17. The van der Waals surface area contributed by atoms with E-state index >= 15 is 4.79 Å². The summed E-state index contributed by atoms with van der Waals surface area (Å²) in [5.74, 6) is -0.450. The zero-order valence-electron chi connectivity index (χ0n) is 56.2. The van der Waals surface area contributed by atoms with Crippen LogP contribution in [0, 0.1) is 16.7 Å². The molecule has 2 saturated carbocycles. The van der Waals surface area contributed by atoms with E-state index in [0.717, 1.165) is 109 Å². The van der Waals surface area contributed by atoms with Crippen molar-refractivity contribution in [3.05, 3.63) is 118 Å². The Morgan fingerprint density at radius 3 is 1.75 bits per heavy atom. The average molecular weight is 1310 g/mol. The number of rotatable bonds is 13. The maximum absolute atomic E-state index is 15.3. The van der Waals surface area contributed by atoms with Gasteiger partial charge in [0.15, 0.2) is 0 Å². The quantitative estimate of drug-likeness (QED) is 0.0492. The molecule has 10 aliphatic rings. The lowest BCUT2D eigenvalue weighted by atomic mass is 9.47. The number of ether oxygens (including phenoxy) is 5. The second-order valence-electron chi connectivity index (χ2n) is 28.4. The highest BCUT2D eigenvalue weighted by Gasteiger charge is 2.80. The summed E-state index contributed by atoms with van der Waals surface area (Å²) in [6, 6.07) is 17.6. The first-order valence-electron chi connectivity index (χ1n) is 33.6. The Morgan fingerprint density at radius 2 is 1.23 bits per heavy atom. The summed E-state index contributed by atoms with van der Waals surface area (Å²) in [6.45, 7) is 17.7. The number of nitrogens with one attached hydrogen (secondary N) is 3. The van der Waals surface area contributed by atoms with Crippen LogP contribution >= 0.6 is 0 Å². The van der Waals surface area contributed by atoms with Crippen LogP contribution < -0.4 is 29.9 Å². The lowest BCUT2D eigenvalue weighted by Crippen LogP contribution is -2.81. The number of amides is 2. The molecule has 2 aliphatic carbocycles. The van der Waals surface area contributed by atoms with Gasteiger partial charge in [-0.25, -0.2) is 0 Å². The third-order valence-corrected chi connectivity index (χ3v) is 24.1. The number of aromatic amines is 1. The molecular weight excluding hydrogens is 1200 g/mol. The SMILES string of the molecule is C.C.CCC1=C[C@@H]2CN(CCc3c([nH]c4ccccc34)[C@@](C(=O)OC)(c3cc4c(cc3OC)N(C)[C@H]3[C@@](O)(CNC(C)=O)[C@H](OC(C)=O)[C@]5(CC)C=CCN6CC[C@]43C65)C2)C1.CC[C@]12C=CCN3CC[C@@]4(c5ccc(OC)cc5N(C)[C@H]4[C@@](O)(CNC(C)=O)[C@@H]1OC(C)=O)C32. The smallest absolute Gasteiger partial charge is 0.322 e. The fraction of sp³-hybridized carbons (Fsp3) is 0.587. The first-order valence-corrected chi connectivity index (χ1v) is 33.6. The lowest BCUT2D eigenvalue weighted by molar-refractivity contribution is -0.217. The van der Waals surface area contributed by atoms with Crippen molar-refractivity contribution in [2.45, 2.75) is 172 Å². The molecule has 3 unspecified atom stereocenters. The standard InChI is InChI=1S/C47H59N5O7.C26H35N3O5.2CH4/c1-8-30-21-31-24-46(43(55)58-7,39-33(15-19-51(25-30)26-31)32-13-10-11-14-36(32)49-39)35-22-34-37(23-38(35)57-6)50(5)41-45(34)17-20-52-18-12-16-44(9-2,40(45)52)42(59-29(4)54)47(41,56)27-48-28(3)53;1-6-24-10-7-12-29-13-11-25(21(24)29)19-9-8-18(33-5)14-20(19)28(4)22(25)26(32,15-27-16(2)30)23(24)34-17(3)31;;/h10-14,16,21-23,31,40-42,49,56H,8-9,15,17-20,24-27H2,1-7H3,(H,48,53);7-10,14,21-23,32H,6,11-13,15H2,1-5H3,(H,27,30);2*1H4/t31-,40?,41+,42+,44+,45+,46-,47-;21?,22-,23-,24-,25-,26+;;/m01../s1. The highest BCUT2D eigenvalue weighted by Crippen LogP contribution is 2.70. The summed E-state index contributed by atoms with van der Waals surface area (Å²) in [7, 11) is 8.77. The van der Waals surface area contributed by atoms with Crippen LogP contribution in [0.15, 0.2) is 90.6 Å². The van der Waals surface area contributed by atoms with Gasteiger partial charge in [0.25, 0.3) is 0 Å². The van der Waals surface area contributed by atoms with Gasteiger partial charge in [0.05, 0.1) is 46.5 Å². The van der Waals surface area contributed by atoms with Crippen LogP contribution in [0.4, 0.5) is 11.4 Å².